The maximum atomic E-state index is 4.25. The molecule has 0 atom stereocenters. The molecule has 0 rings (SSSR count). The third-order valence-electron chi connectivity index (χ3n) is 0. The van der Waals surface area contributed by atoms with Gasteiger partial charge in [0.15, 0.2) is 0 Å². The fourth-order valence-corrected chi connectivity index (χ4v) is 0. The number of hydrogen-bond acceptors (Lipinski definition) is 0. The predicted octanol–water partition coefficient (Wildman–Crippen LogP) is 0.484. The van der Waals surface area contributed by atoms with Gasteiger partial charge in [0.1, 0.15) is 0 Å². The average molecular weight is 108 g/mol. The smallest absolute Gasteiger partial charge is 2.00 e. The van der Waals surface area contributed by atoms with Crippen molar-refractivity contribution in [2.45, 2.75) is 0 Å². The summed E-state index contributed by atoms with van der Waals surface area (Å²) in [6.45, 7) is 7.00. The first-order valence-electron chi connectivity index (χ1n) is 0.408. The van der Waals surface area contributed by atoms with Crippen LogP contribution in [0.25, 0.3) is 0 Å². The summed E-state index contributed by atoms with van der Waals surface area (Å²) < 4.78 is 0. The first-order chi connectivity index (χ1) is 1.00. The van der Waals surface area contributed by atoms with Gasteiger partial charge >= 0.3 is 19.5 Å². The van der Waals surface area contributed by atoms with Crippen LogP contribution in [0.15, 0.2) is 6.58 Å². The third kappa shape index (κ3) is 38.9. The van der Waals surface area contributed by atoms with E-state index in [1.807, 2.05) is 0 Å². The Balaban J connectivity index is -0.00000000500. The van der Waals surface area contributed by atoms with Gasteiger partial charge in [-0.3, -0.25) is 6.58 Å². The van der Waals surface area contributed by atoms with Crippen molar-refractivity contribution < 1.29 is 25.0 Å². The molecule has 0 saturated heterocycles. The molecule has 1 nitrogen and oxygen atoms in total. The largest absolute Gasteiger partial charge is 2.00 e. The van der Waals surface area contributed by atoms with Gasteiger partial charge in [0.2, 0.25) is 0 Å². The summed E-state index contributed by atoms with van der Waals surface area (Å²) in [7, 11) is 0. The molecule has 0 fully saturated rings. The van der Waals surface area contributed by atoms with Crippen molar-refractivity contribution in [3.8, 4) is 0 Å². The van der Waals surface area contributed by atoms with Crippen LogP contribution < -0.4 is 0 Å². The summed E-state index contributed by atoms with van der Waals surface area (Å²) in [6, 6.07) is 0. The van der Waals surface area contributed by atoms with Crippen molar-refractivity contribution in [2.24, 2.45) is 0 Å². The Hall–Kier alpha value is 0.323. The van der Waals surface area contributed by atoms with Crippen molar-refractivity contribution in [3.63, 3.8) is 0 Å². The minimum atomic E-state index is 0. The first kappa shape index (κ1) is 27.3. The zero-order chi connectivity index (χ0) is 2.00. The molecule has 0 aliphatic rings. The Kier molecular flexibility index (Phi) is 1170. The van der Waals surface area contributed by atoms with Crippen LogP contribution >= 0.6 is 0 Å². The Labute approximate surface area is 38.8 Å². The summed E-state index contributed by atoms with van der Waals surface area (Å²) in [6.07, 6.45) is 0. The molecule has 0 amide bonds. The Morgan fingerprint density at radius 2 is 1.25 bits per heavy atom. The van der Waals surface area contributed by atoms with E-state index in [0.29, 0.717) is 0 Å². The van der Waals surface area contributed by atoms with Crippen LogP contribution in [0.2, 0.25) is 0 Å². The van der Waals surface area contributed by atoms with E-state index in [1.165, 1.54) is 0 Å². The van der Waals surface area contributed by atoms with Crippen molar-refractivity contribution in [1.29, 1.82) is 0 Å². The number of rotatable bonds is 0. The zero-order valence-electron chi connectivity index (χ0n) is 2.40. The van der Waals surface area contributed by atoms with Gasteiger partial charge < -0.3 is 12.1 Å². The van der Waals surface area contributed by atoms with Gasteiger partial charge in [-0.25, -0.2) is 0 Å². The molecule has 0 saturated carbocycles. The van der Waals surface area contributed by atoms with E-state index < -0.39 is 0 Å². The second-order valence-corrected chi connectivity index (χ2v) is 0. The molecule has 0 spiro atoms. The Bertz CT molecular complexity index is 6.00. The molecule has 0 aromatic carbocycles. The Morgan fingerprint density at radius 1 is 1.25 bits per heavy atom. The fourth-order valence-electron chi connectivity index (χ4n) is 0. The monoisotopic (exact) mass is 107 g/mol. The predicted molar refractivity (Wildman–Crippen MR) is 10.6 cm³/mol. The van der Waals surface area contributed by atoms with Crippen LogP contribution in [0.5, 0.6) is 0 Å². The molecule has 0 unspecified atom stereocenters. The topological polar surface area (TPSA) is 28.5 Å². The fraction of sp³-hybridized carbons (Fsp3) is 0. The summed E-state index contributed by atoms with van der Waals surface area (Å²) in [5.41, 5.74) is 0. The minimum Gasteiger partial charge on any atom is -2.00 e. The first-order valence-corrected chi connectivity index (χ1v) is 0.408. The van der Waals surface area contributed by atoms with Crippen LogP contribution in [0, 0.1) is 6.58 Å². The maximum absolute atomic E-state index is 4.25. The summed E-state index contributed by atoms with van der Waals surface area (Å²) in [5, 5.41) is 0. The van der Waals surface area contributed by atoms with Crippen molar-refractivity contribution in [3.05, 3.63) is 13.2 Å². The standard InChI is InChI=1S/C2H3.O.Zn/c1-2;;/h1H,2H2;;/q-1;-2;+2. The zero-order valence-corrected chi connectivity index (χ0v) is 5.37. The summed E-state index contributed by atoms with van der Waals surface area (Å²) in [5.74, 6) is 0. The molecule has 0 heterocycles. The molecular weight excluding hydrogens is 105 g/mol. The normalized spacial score (nSPS) is 1.00. The van der Waals surface area contributed by atoms with Gasteiger partial charge in [0.05, 0.1) is 0 Å². The van der Waals surface area contributed by atoms with E-state index in [0.717, 1.165) is 0 Å². The van der Waals surface area contributed by atoms with Crippen molar-refractivity contribution in [2.75, 3.05) is 0 Å². The second-order valence-electron chi connectivity index (χ2n) is 0. The van der Waals surface area contributed by atoms with E-state index in [1.54, 1.807) is 0 Å². The van der Waals surface area contributed by atoms with Crippen LogP contribution in [-0.4, -0.2) is 0 Å². The average Bonchev–Trinajstić information content (AvgIpc) is 1.00. The van der Waals surface area contributed by atoms with E-state index >= 15 is 0 Å². The second kappa shape index (κ2) is 172. The number of hydrogen-bond donors (Lipinski definition) is 0. The van der Waals surface area contributed by atoms with Gasteiger partial charge in [-0.15, -0.1) is 0 Å². The van der Waals surface area contributed by atoms with E-state index in [2.05, 4.69) is 13.2 Å². The van der Waals surface area contributed by atoms with Gasteiger partial charge in [0, 0.05) is 0 Å². The van der Waals surface area contributed by atoms with Crippen LogP contribution in [-0.2, 0) is 25.0 Å². The van der Waals surface area contributed by atoms with Gasteiger partial charge in [-0.1, -0.05) is 0 Å². The summed E-state index contributed by atoms with van der Waals surface area (Å²) in [4.78, 5) is 0. The Morgan fingerprint density at radius 3 is 1.25 bits per heavy atom. The minimum absolute atomic E-state index is 0. The van der Waals surface area contributed by atoms with Crippen LogP contribution in [0.3, 0.4) is 0 Å². The van der Waals surface area contributed by atoms with Crippen LogP contribution in [0.4, 0.5) is 0 Å². The molecular formula is C2H3OZn-. The van der Waals surface area contributed by atoms with Crippen molar-refractivity contribution >= 4 is 0 Å². The maximum Gasteiger partial charge on any atom is 2.00 e. The van der Waals surface area contributed by atoms with E-state index in [4.69, 9.17) is 0 Å². The van der Waals surface area contributed by atoms with E-state index in [-0.39, 0.29) is 25.0 Å². The van der Waals surface area contributed by atoms with Crippen LogP contribution in [0.1, 0.15) is 0 Å². The summed E-state index contributed by atoms with van der Waals surface area (Å²) >= 11 is 0. The molecule has 0 N–H and O–H groups in total. The van der Waals surface area contributed by atoms with E-state index in [9.17, 15) is 0 Å². The SMILES string of the molecule is [CH-]=C.[O-2].[Zn+2]. The molecule has 0 aromatic rings. The molecule has 0 aliphatic carbocycles. The molecule has 2 heteroatoms. The molecule has 0 aromatic heterocycles. The third-order valence-corrected chi connectivity index (χ3v) is 0. The quantitative estimate of drug-likeness (QED) is 0.319. The molecule has 20 valence electrons. The molecule has 0 aliphatic heterocycles. The molecule has 0 radical (unpaired) electrons. The molecule has 4 heavy (non-hydrogen) atoms. The van der Waals surface area contributed by atoms with Gasteiger partial charge in [-0.05, 0) is 0 Å². The van der Waals surface area contributed by atoms with Crippen molar-refractivity contribution in [1.82, 2.24) is 0 Å². The molecule has 0 bridgehead atoms. The van der Waals surface area contributed by atoms with Gasteiger partial charge in [0.25, 0.3) is 0 Å². The van der Waals surface area contributed by atoms with Gasteiger partial charge in [-0.2, -0.15) is 0 Å².